The molecule has 0 spiro atoms. The molecule has 2 saturated carbocycles. The van der Waals surface area contributed by atoms with Crippen LogP contribution in [0.3, 0.4) is 0 Å². The number of aromatic nitrogens is 1. The zero-order valence-electron chi connectivity index (χ0n) is 10.5. The number of fused-ring (bicyclic) bond motifs is 2. The number of pyridine rings is 1. The summed E-state index contributed by atoms with van der Waals surface area (Å²) < 4.78 is 0. The summed E-state index contributed by atoms with van der Waals surface area (Å²) >= 11 is 0. The van der Waals surface area contributed by atoms with Crippen LogP contribution in [0.15, 0.2) is 24.4 Å². The second kappa shape index (κ2) is 4.64. The Kier molecular flexibility index (Phi) is 2.97. The van der Waals surface area contributed by atoms with Crippen molar-refractivity contribution in [2.75, 3.05) is 0 Å². The van der Waals surface area contributed by atoms with Crippen LogP contribution in [-0.2, 0) is 4.79 Å². The van der Waals surface area contributed by atoms with Crippen LogP contribution in [0.4, 0.5) is 0 Å². The Balaban J connectivity index is 1.76. The first-order chi connectivity index (χ1) is 9.16. The number of carbonyl (C=O) groups excluding carboxylic acids is 1. The Bertz CT molecular complexity index is 503. The molecular formula is C14H16N2O3. The van der Waals surface area contributed by atoms with E-state index in [0.29, 0.717) is 11.6 Å². The van der Waals surface area contributed by atoms with Gasteiger partial charge in [-0.2, -0.15) is 0 Å². The molecule has 2 aliphatic rings. The van der Waals surface area contributed by atoms with E-state index in [0.717, 1.165) is 19.3 Å². The fourth-order valence-electron chi connectivity index (χ4n) is 3.58. The third-order valence-electron chi connectivity index (χ3n) is 4.40. The van der Waals surface area contributed by atoms with E-state index in [1.54, 1.807) is 24.4 Å². The highest BCUT2D eigenvalue weighted by Crippen LogP contribution is 2.48. The lowest BCUT2D eigenvalue weighted by atomic mass is 9.84. The maximum absolute atomic E-state index is 12.1. The molecule has 1 aromatic heterocycles. The minimum atomic E-state index is -0.793. The summed E-state index contributed by atoms with van der Waals surface area (Å²) in [6, 6.07) is 4.88. The number of hydrogen-bond acceptors (Lipinski definition) is 3. The van der Waals surface area contributed by atoms with Gasteiger partial charge < -0.3 is 10.4 Å². The minimum Gasteiger partial charge on any atom is -0.481 e. The third-order valence-corrected chi connectivity index (χ3v) is 4.40. The van der Waals surface area contributed by atoms with Gasteiger partial charge in [-0.3, -0.25) is 14.6 Å². The predicted octanol–water partition coefficient (Wildman–Crippen LogP) is 1.31. The quantitative estimate of drug-likeness (QED) is 0.858. The Hall–Kier alpha value is -1.91. The van der Waals surface area contributed by atoms with Gasteiger partial charge in [0.2, 0.25) is 0 Å². The number of hydrogen-bond donors (Lipinski definition) is 2. The Morgan fingerprint density at radius 2 is 2.05 bits per heavy atom. The molecule has 0 saturated heterocycles. The molecule has 5 nitrogen and oxygen atoms in total. The van der Waals surface area contributed by atoms with Gasteiger partial charge in [0.1, 0.15) is 5.69 Å². The molecular weight excluding hydrogens is 244 g/mol. The summed E-state index contributed by atoms with van der Waals surface area (Å²) in [6.07, 6.45) is 4.47. The van der Waals surface area contributed by atoms with Crippen LogP contribution in [-0.4, -0.2) is 28.0 Å². The fraction of sp³-hybridized carbons (Fsp3) is 0.500. The van der Waals surface area contributed by atoms with Gasteiger partial charge in [0.05, 0.1) is 5.92 Å². The summed E-state index contributed by atoms with van der Waals surface area (Å²) in [5.74, 6) is -0.982. The molecule has 19 heavy (non-hydrogen) atoms. The Morgan fingerprint density at radius 1 is 1.26 bits per heavy atom. The Labute approximate surface area is 111 Å². The highest BCUT2D eigenvalue weighted by molar-refractivity contribution is 5.92. The number of nitrogens with one attached hydrogen (secondary N) is 1. The van der Waals surface area contributed by atoms with Gasteiger partial charge in [-0.25, -0.2) is 0 Å². The summed E-state index contributed by atoms with van der Waals surface area (Å²) in [6.45, 7) is 0. The molecule has 1 amide bonds. The third kappa shape index (κ3) is 2.09. The maximum Gasteiger partial charge on any atom is 0.308 e. The highest BCUT2D eigenvalue weighted by Gasteiger charge is 2.51. The van der Waals surface area contributed by atoms with Gasteiger partial charge in [0.15, 0.2) is 0 Å². The predicted molar refractivity (Wildman–Crippen MR) is 67.4 cm³/mol. The summed E-state index contributed by atoms with van der Waals surface area (Å²) in [5.41, 5.74) is 0.342. The average Bonchev–Trinajstić information content (AvgIpc) is 3.00. The van der Waals surface area contributed by atoms with Crippen molar-refractivity contribution in [1.82, 2.24) is 10.3 Å². The summed E-state index contributed by atoms with van der Waals surface area (Å²) in [5, 5.41) is 12.2. The van der Waals surface area contributed by atoms with Crippen molar-refractivity contribution >= 4 is 11.9 Å². The molecule has 1 aromatic rings. The SMILES string of the molecule is O=C(NC1C2CCC(C2)C1C(=O)O)c1ccccn1. The maximum atomic E-state index is 12.1. The topological polar surface area (TPSA) is 79.3 Å². The molecule has 1 heterocycles. The molecule has 3 rings (SSSR count). The lowest BCUT2D eigenvalue weighted by Crippen LogP contribution is -2.47. The molecule has 2 bridgehead atoms. The van der Waals surface area contributed by atoms with Gasteiger partial charge in [0, 0.05) is 12.2 Å². The van der Waals surface area contributed by atoms with E-state index in [1.807, 2.05) is 0 Å². The van der Waals surface area contributed by atoms with E-state index in [4.69, 9.17) is 0 Å². The first kappa shape index (κ1) is 12.1. The van der Waals surface area contributed by atoms with Crippen molar-refractivity contribution < 1.29 is 14.7 Å². The minimum absolute atomic E-state index is 0.219. The van der Waals surface area contributed by atoms with Crippen molar-refractivity contribution in [3.8, 4) is 0 Å². The second-order valence-electron chi connectivity index (χ2n) is 5.41. The molecule has 2 N–H and O–H groups in total. The largest absolute Gasteiger partial charge is 0.481 e. The average molecular weight is 260 g/mol. The van der Waals surface area contributed by atoms with E-state index in [1.165, 1.54) is 0 Å². The number of carboxylic acid groups (broad SMARTS) is 1. The van der Waals surface area contributed by atoms with Crippen LogP contribution in [0.5, 0.6) is 0 Å². The molecule has 0 radical (unpaired) electrons. The number of rotatable bonds is 3. The molecule has 5 heteroatoms. The first-order valence-electron chi connectivity index (χ1n) is 6.61. The van der Waals surface area contributed by atoms with Gasteiger partial charge in [-0.05, 0) is 43.2 Å². The second-order valence-corrected chi connectivity index (χ2v) is 5.41. The van der Waals surface area contributed by atoms with E-state index in [-0.39, 0.29) is 17.9 Å². The van der Waals surface area contributed by atoms with Crippen molar-refractivity contribution in [3.05, 3.63) is 30.1 Å². The van der Waals surface area contributed by atoms with Gasteiger partial charge in [0.25, 0.3) is 5.91 Å². The van der Waals surface area contributed by atoms with Crippen LogP contribution in [0.2, 0.25) is 0 Å². The lowest BCUT2D eigenvalue weighted by Gasteiger charge is -2.28. The first-order valence-corrected chi connectivity index (χ1v) is 6.61. The molecule has 0 aromatic carbocycles. The van der Waals surface area contributed by atoms with Crippen molar-refractivity contribution in [1.29, 1.82) is 0 Å². The van der Waals surface area contributed by atoms with Gasteiger partial charge in [-0.1, -0.05) is 6.07 Å². The molecule has 100 valence electrons. The number of nitrogens with zero attached hydrogens (tertiary/aromatic N) is 1. The molecule has 4 atom stereocenters. The van der Waals surface area contributed by atoms with Crippen LogP contribution < -0.4 is 5.32 Å². The summed E-state index contributed by atoms with van der Waals surface area (Å²) in [7, 11) is 0. The van der Waals surface area contributed by atoms with Crippen molar-refractivity contribution in [2.45, 2.75) is 25.3 Å². The number of carboxylic acids is 1. The smallest absolute Gasteiger partial charge is 0.308 e. The molecule has 2 fully saturated rings. The number of amides is 1. The zero-order valence-corrected chi connectivity index (χ0v) is 10.5. The van der Waals surface area contributed by atoms with E-state index in [9.17, 15) is 14.7 Å². The van der Waals surface area contributed by atoms with E-state index >= 15 is 0 Å². The van der Waals surface area contributed by atoms with Crippen LogP contribution in [0.1, 0.15) is 29.8 Å². The standard InChI is InChI=1S/C14H16N2O3/c17-13(10-3-1-2-6-15-10)16-12-9-5-4-8(7-9)11(12)14(18)19/h1-3,6,8-9,11-12H,4-5,7H2,(H,16,17)(H,18,19). The molecule has 4 unspecified atom stereocenters. The summed E-state index contributed by atoms with van der Waals surface area (Å²) in [4.78, 5) is 27.4. The Morgan fingerprint density at radius 3 is 2.74 bits per heavy atom. The normalized spacial score (nSPS) is 32.2. The molecule has 2 aliphatic carbocycles. The van der Waals surface area contributed by atoms with Gasteiger partial charge >= 0.3 is 5.97 Å². The van der Waals surface area contributed by atoms with Gasteiger partial charge in [-0.15, -0.1) is 0 Å². The fourth-order valence-corrected chi connectivity index (χ4v) is 3.58. The molecule has 0 aliphatic heterocycles. The van der Waals surface area contributed by atoms with Crippen LogP contribution in [0, 0.1) is 17.8 Å². The monoisotopic (exact) mass is 260 g/mol. The zero-order chi connectivity index (χ0) is 13.4. The lowest BCUT2D eigenvalue weighted by molar-refractivity contribution is -0.144. The van der Waals surface area contributed by atoms with E-state index < -0.39 is 11.9 Å². The van der Waals surface area contributed by atoms with E-state index in [2.05, 4.69) is 10.3 Å². The van der Waals surface area contributed by atoms with Crippen molar-refractivity contribution in [2.24, 2.45) is 17.8 Å². The van der Waals surface area contributed by atoms with Crippen LogP contribution in [0.25, 0.3) is 0 Å². The number of aliphatic carboxylic acids is 1. The van der Waals surface area contributed by atoms with Crippen molar-refractivity contribution in [3.63, 3.8) is 0 Å². The van der Waals surface area contributed by atoms with Crippen LogP contribution >= 0.6 is 0 Å². The highest BCUT2D eigenvalue weighted by atomic mass is 16.4. The number of carbonyl (C=O) groups is 2.